The number of ketones is 1. The average molecular weight is 477 g/mol. The number of hydrogen-bond acceptors (Lipinski definition) is 7. The Bertz CT molecular complexity index is 1210. The Kier molecular flexibility index (Phi) is 7.32. The number of H-pyrrole nitrogens is 1. The van der Waals surface area contributed by atoms with Crippen LogP contribution in [0, 0.1) is 13.8 Å². The Balaban J connectivity index is 1.56. The van der Waals surface area contributed by atoms with E-state index < -0.39 is 36.8 Å². The molecule has 2 heterocycles. The van der Waals surface area contributed by atoms with Gasteiger partial charge in [0.2, 0.25) is 5.78 Å². The second-order valence-electron chi connectivity index (χ2n) is 6.85. The van der Waals surface area contributed by atoms with Gasteiger partial charge in [0.1, 0.15) is 11.4 Å². The minimum absolute atomic E-state index is 0.166. The molecule has 10 heteroatoms. The SMILES string of the molecule is CCOC(=O)c1c(C)[nH]c(C(=O)COC(=O)CNC(=O)c2sc3ccccc3c2Cl)c1C. The number of esters is 2. The fourth-order valence-electron chi connectivity index (χ4n) is 3.20. The number of carbonyl (C=O) groups is 4. The summed E-state index contributed by atoms with van der Waals surface area (Å²) in [5.74, 6) is -2.32. The number of Topliss-reactive ketones (excluding diaryl/α,β-unsaturated/α-hetero) is 1. The van der Waals surface area contributed by atoms with Crippen molar-refractivity contribution in [2.45, 2.75) is 20.8 Å². The molecule has 0 atom stereocenters. The van der Waals surface area contributed by atoms with E-state index in [0.717, 1.165) is 10.1 Å². The lowest BCUT2D eigenvalue weighted by molar-refractivity contribution is -0.141. The van der Waals surface area contributed by atoms with Crippen molar-refractivity contribution < 1.29 is 28.7 Å². The van der Waals surface area contributed by atoms with Crippen LogP contribution in [0.1, 0.15) is 48.7 Å². The third-order valence-electron chi connectivity index (χ3n) is 4.69. The van der Waals surface area contributed by atoms with Gasteiger partial charge in [-0.3, -0.25) is 14.4 Å². The van der Waals surface area contributed by atoms with Crippen LogP contribution >= 0.6 is 22.9 Å². The Hall–Kier alpha value is -3.17. The van der Waals surface area contributed by atoms with E-state index in [2.05, 4.69) is 10.3 Å². The number of nitrogens with one attached hydrogen (secondary N) is 2. The number of hydrogen-bond donors (Lipinski definition) is 2. The van der Waals surface area contributed by atoms with E-state index in [0.29, 0.717) is 21.2 Å². The molecule has 1 amide bonds. The third-order valence-corrected chi connectivity index (χ3v) is 6.37. The zero-order valence-corrected chi connectivity index (χ0v) is 19.2. The van der Waals surface area contributed by atoms with Crippen molar-refractivity contribution >= 4 is 56.7 Å². The van der Waals surface area contributed by atoms with Crippen molar-refractivity contribution in [1.82, 2.24) is 10.3 Å². The van der Waals surface area contributed by atoms with Gasteiger partial charge >= 0.3 is 11.9 Å². The number of aryl methyl sites for hydroxylation is 1. The van der Waals surface area contributed by atoms with Gasteiger partial charge in [-0.2, -0.15) is 0 Å². The van der Waals surface area contributed by atoms with Gasteiger partial charge in [0.05, 0.1) is 22.9 Å². The smallest absolute Gasteiger partial charge is 0.340 e. The lowest BCUT2D eigenvalue weighted by Crippen LogP contribution is -2.31. The highest BCUT2D eigenvalue weighted by atomic mass is 35.5. The number of benzene rings is 1. The Morgan fingerprint density at radius 3 is 2.53 bits per heavy atom. The lowest BCUT2D eigenvalue weighted by Gasteiger charge is -2.06. The zero-order valence-electron chi connectivity index (χ0n) is 17.7. The number of fused-ring (bicyclic) bond motifs is 1. The van der Waals surface area contributed by atoms with E-state index >= 15 is 0 Å². The third kappa shape index (κ3) is 4.84. The Morgan fingerprint density at radius 1 is 1.12 bits per heavy atom. The molecular weight excluding hydrogens is 456 g/mol. The number of aromatic nitrogens is 1. The van der Waals surface area contributed by atoms with E-state index in [1.807, 2.05) is 24.3 Å². The largest absolute Gasteiger partial charge is 0.462 e. The van der Waals surface area contributed by atoms with Gasteiger partial charge in [-0.15, -0.1) is 11.3 Å². The molecule has 32 heavy (non-hydrogen) atoms. The summed E-state index contributed by atoms with van der Waals surface area (Å²) >= 11 is 7.48. The number of aromatic amines is 1. The highest BCUT2D eigenvalue weighted by Gasteiger charge is 2.24. The molecule has 168 valence electrons. The Labute approximate surface area is 192 Å². The molecule has 0 fully saturated rings. The van der Waals surface area contributed by atoms with Gasteiger partial charge in [-0.1, -0.05) is 29.8 Å². The monoisotopic (exact) mass is 476 g/mol. The molecule has 0 spiro atoms. The summed E-state index contributed by atoms with van der Waals surface area (Å²) in [6.45, 7) is 4.20. The quantitative estimate of drug-likeness (QED) is 0.377. The molecule has 0 saturated heterocycles. The molecule has 0 bridgehead atoms. The molecule has 2 aromatic heterocycles. The maximum absolute atomic E-state index is 12.5. The first-order valence-corrected chi connectivity index (χ1v) is 10.9. The number of halogens is 1. The van der Waals surface area contributed by atoms with Crippen molar-refractivity contribution in [1.29, 1.82) is 0 Å². The lowest BCUT2D eigenvalue weighted by atomic mass is 10.1. The highest BCUT2D eigenvalue weighted by Crippen LogP contribution is 2.34. The second kappa shape index (κ2) is 9.97. The molecule has 0 saturated carbocycles. The van der Waals surface area contributed by atoms with Crippen molar-refractivity contribution in [3.63, 3.8) is 0 Å². The van der Waals surface area contributed by atoms with Gasteiger partial charge in [-0.25, -0.2) is 4.79 Å². The van der Waals surface area contributed by atoms with E-state index in [9.17, 15) is 19.2 Å². The number of thiophene rings is 1. The summed E-state index contributed by atoms with van der Waals surface area (Å²) in [7, 11) is 0. The molecule has 3 aromatic rings. The maximum atomic E-state index is 12.5. The molecule has 0 aliphatic carbocycles. The summed E-state index contributed by atoms with van der Waals surface area (Å²) in [4.78, 5) is 52.0. The molecule has 8 nitrogen and oxygen atoms in total. The summed E-state index contributed by atoms with van der Waals surface area (Å²) in [5.41, 5.74) is 1.37. The summed E-state index contributed by atoms with van der Waals surface area (Å²) < 4.78 is 10.8. The number of ether oxygens (including phenoxy) is 2. The first-order valence-electron chi connectivity index (χ1n) is 9.74. The van der Waals surface area contributed by atoms with Crippen LogP contribution in [0.3, 0.4) is 0 Å². The highest BCUT2D eigenvalue weighted by molar-refractivity contribution is 7.21. The van der Waals surface area contributed by atoms with Gasteiger partial charge in [0.25, 0.3) is 5.91 Å². The van der Waals surface area contributed by atoms with Gasteiger partial charge in [-0.05, 0) is 32.4 Å². The molecule has 0 unspecified atom stereocenters. The van der Waals surface area contributed by atoms with E-state index in [1.165, 1.54) is 11.3 Å². The van der Waals surface area contributed by atoms with Crippen LogP contribution in [-0.2, 0) is 14.3 Å². The number of carbonyl (C=O) groups excluding carboxylic acids is 4. The van der Waals surface area contributed by atoms with Crippen LogP contribution in [0.5, 0.6) is 0 Å². The van der Waals surface area contributed by atoms with Crippen LogP contribution in [0.2, 0.25) is 5.02 Å². The van der Waals surface area contributed by atoms with Crippen molar-refractivity contribution in [3.05, 3.63) is 56.7 Å². The summed E-state index contributed by atoms with van der Waals surface area (Å²) in [5, 5.41) is 3.53. The van der Waals surface area contributed by atoms with Crippen LogP contribution in [0.4, 0.5) is 0 Å². The van der Waals surface area contributed by atoms with Crippen LogP contribution in [0.15, 0.2) is 24.3 Å². The fraction of sp³-hybridized carbons (Fsp3) is 0.273. The summed E-state index contributed by atoms with van der Waals surface area (Å²) in [6.07, 6.45) is 0. The predicted octanol–water partition coefficient (Wildman–Crippen LogP) is 3.83. The van der Waals surface area contributed by atoms with E-state index in [1.54, 1.807) is 20.8 Å². The second-order valence-corrected chi connectivity index (χ2v) is 8.28. The predicted molar refractivity (Wildman–Crippen MR) is 121 cm³/mol. The summed E-state index contributed by atoms with van der Waals surface area (Å²) in [6, 6.07) is 7.32. The first-order chi connectivity index (χ1) is 15.2. The fourth-order valence-corrected chi connectivity index (χ4v) is 4.63. The number of amides is 1. The molecule has 0 radical (unpaired) electrons. The Morgan fingerprint density at radius 2 is 1.84 bits per heavy atom. The van der Waals surface area contributed by atoms with Crippen LogP contribution in [-0.4, -0.2) is 48.4 Å². The number of rotatable bonds is 8. The molecular formula is C22H21ClN2O6S. The van der Waals surface area contributed by atoms with Gasteiger partial charge < -0.3 is 19.8 Å². The molecule has 3 rings (SSSR count). The minimum atomic E-state index is -0.782. The van der Waals surface area contributed by atoms with E-state index in [4.69, 9.17) is 21.1 Å². The average Bonchev–Trinajstić information content (AvgIpc) is 3.26. The minimum Gasteiger partial charge on any atom is -0.462 e. The van der Waals surface area contributed by atoms with Crippen molar-refractivity contribution in [2.24, 2.45) is 0 Å². The first kappa shape index (κ1) is 23.5. The standard InChI is InChI=1S/C22H21ClN2O6S/c1-4-30-22(29)17-11(2)19(25-12(17)3)14(26)10-31-16(27)9-24-21(28)20-18(23)13-7-5-6-8-15(13)32-20/h5-8,25H,4,9-10H2,1-3H3,(H,24,28). The molecule has 0 aliphatic heterocycles. The van der Waals surface area contributed by atoms with Crippen LogP contribution < -0.4 is 5.32 Å². The molecule has 2 N–H and O–H groups in total. The normalized spacial score (nSPS) is 10.8. The topological polar surface area (TPSA) is 115 Å². The van der Waals surface area contributed by atoms with Crippen molar-refractivity contribution in [2.75, 3.05) is 19.8 Å². The zero-order chi connectivity index (χ0) is 23.4. The molecule has 1 aromatic carbocycles. The van der Waals surface area contributed by atoms with E-state index in [-0.39, 0.29) is 17.9 Å². The van der Waals surface area contributed by atoms with Crippen LogP contribution in [0.25, 0.3) is 10.1 Å². The van der Waals surface area contributed by atoms with Crippen molar-refractivity contribution in [3.8, 4) is 0 Å². The van der Waals surface area contributed by atoms with Gasteiger partial charge in [0, 0.05) is 15.8 Å². The molecule has 0 aliphatic rings. The van der Waals surface area contributed by atoms with Gasteiger partial charge in [0.15, 0.2) is 6.61 Å². The maximum Gasteiger partial charge on any atom is 0.340 e.